The molecule has 0 radical (unpaired) electrons. The molecule has 0 aromatic heterocycles. The maximum atomic E-state index is 12.0. The van der Waals surface area contributed by atoms with Crippen molar-refractivity contribution in [2.24, 2.45) is 10.9 Å². The first kappa shape index (κ1) is 14.0. The van der Waals surface area contributed by atoms with Gasteiger partial charge in [-0.05, 0) is 43.5 Å². The summed E-state index contributed by atoms with van der Waals surface area (Å²) in [4.78, 5) is 12.0. The van der Waals surface area contributed by atoms with Gasteiger partial charge < -0.3 is 16.3 Å². The van der Waals surface area contributed by atoms with Crippen molar-refractivity contribution in [2.75, 3.05) is 0 Å². The minimum absolute atomic E-state index is 0.00897. The topological polar surface area (TPSA) is 87.7 Å². The van der Waals surface area contributed by atoms with Gasteiger partial charge >= 0.3 is 0 Å². The van der Waals surface area contributed by atoms with Crippen LogP contribution in [-0.2, 0) is 0 Å². The number of nitrogens with zero attached hydrogens (tertiary/aromatic N) is 1. The number of amidine groups is 1. The van der Waals surface area contributed by atoms with Crippen LogP contribution in [0.25, 0.3) is 0 Å². The van der Waals surface area contributed by atoms with Gasteiger partial charge in [0.15, 0.2) is 5.84 Å². The molecule has 1 amide bonds. The van der Waals surface area contributed by atoms with Crippen LogP contribution >= 0.6 is 0 Å². The molecule has 0 fully saturated rings. The third-order valence-electron chi connectivity index (χ3n) is 2.96. The number of amides is 1. The third-order valence-corrected chi connectivity index (χ3v) is 2.96. The van der Waals surface area contributed by atoms with Crippen molar-refractivity contribution in [1.29, 1.82) is 0 Å². The molecule has 0 aliphatic carbocycles. The number of rotatable bonds is 4. The molecule has 1 unspecified atom stereocenters. The van der Waals surface area contributed by atoms with E-state index in [0.29, 0.717) is 12.0 Å². The second-order valence-corrected chi connectivity index (χ2v) is 4.26. The van der Waals surface area contributed by atoms with E-state index in [2.05, 4.69) is 10.5 Å². The lowest BCUT2D eigenvalue weighted by Gasteiger charge is -2.15. The maximum Gasteiger partial charge on any atom is 0.251 e. The Morgan fingerprint density at radius 3 is 2.61 bits per heavy atom. The van der Waals surface area contributed by atoms with Crippen molar-refractivity contribution in [3.05, 3.63) is 34.9 Å². The number of nitrogens with two attached hydrogens (primary N) is 1. The first-order valence-electron chi connectivity index (χ1n) is 5.85. The van der Waals surface area contributed by atoms with Crippen molar-refractivity contribution < 1.29 is 10.0 Å². The zero-order valence-corrected chi connectivity index (χ0v) is 10.9. The summed E-state index contributed by atoms with van der Waals surface area (Å²) < 4.78 is 0. The van der Waals surface area contributed by atoms with Gasteiger partial charge in [0.1, 0.15) is 0 Å². The van der Waals surface area contributed by atoms with Gasteiger partial charge in [-0.15, -0.1) is 0 Å². The van der Waals surface area contributed by atoms with Crippen LogP contribution in [0.1, 0.15) is 34.8 Å². The molecule has 1 aromatic carbocycles. The fraction of sp³-hybridized carbons (Fsp3) is 0.385. The molecule has 0 heterocycles. The summed E-state index contributed by atoms with van der Waals surface area (Å²) in [6.45, 7) is 5.79. The average Bonchev–Trinajstić information content (AvgIpc) is 2.37. The lowest BCUT2D eigenvalue weighted by atomic mass is 10.1. The Labute approximate surface area is 107 Å². The minimum atomic E-state index is -0.455. The number of oxime groups is 1. The Morgan fingerprint density at radius 1 is 1.44 bits per heavy atom. The Bertz CT molecular complexity index is 469. The largest absolute Gasteiger partial charge is 0.409 e. The molecule has 5 nitrogen and oxygen atoms in total. The number of nitrogens with one attached hydrogen (secondary N) is 1. The number of hydrogen-bond donors (Lipinski definition) is 3. The van der Waals surface area contributed by atoms with Gasteiger partial charge in [-0.25, -0.2) is 0 Å². The smallest absolute Gasteiger partial charge is 0.251 e. The monoisotopic (exact) mass is 249 g/mol. The van der Waals surface area contributed by atoms with E-state index in [-0.39, 0.29) is 11.7 Å². The van der Waals surface area contributed by atoms with Crippen LogP contribution in [0.2, 0.25) is 0 Å². The fourth-order valence-corrected chi connectivity index (χ4v) is 1.58. The van der Waals surface area contributed by atoms with E-state index in [1.807, 2.05) is 32.9 Å². The van der Waals surface area contributed by atoms with Crippen LogP contribution in [0, 0.1) is 13.8 Å². The van der Waals surface area contributed by atoms with E-state index in [1.165, 1.54) is 0 Å². The molecule has 5 heteroatoms. The van der Waals surface area contributed by atoms with E-state index in [4.69, 9.17) is 10.9 Å². The summed E-state index contributed by atoms with van der Waals surface area (Å²) in [6, 6.07) is 5.03. The molecule has 0 saturated carbocycles. The predicted octanol–water partition coefficient (Wildman–Crippen LogP) is 1.56. The van der Waals surface area contributed by atoms with Crippen LogP contribution in [0.5, 0.6) is 0 Å². The first-order chi connectivity index (χ1) is 8.49. The van der Waals surface area contributed by atoms with E-state index in [0.717, 1.165) is 11.1 Å². The number of carbonyl (C=O) groups excluding carboxylic acids is 1. The number of carbonyl (C=O) groups is 1. The van der Waals surface area contributed by atoms with Crippen LogP contribution in [0.4, 0.5) is 0 Å². The van der Waals surface area contributed by atoms with E-state index in [9.17, 15) is 4.79 Å². The van der Waals surface area contributed by atoms with Crippen molar-refractivity contribution in [3.63, 3.8) is 0 Å². The normalized spacial score (nSPS) is 13.2. The van der Waals surface area contributed by atoms with E-state index >= 15 is 0 Å². The standard InChI is InChI=1S/C13H19N3O2/c1-4-11(12(14)16-18)15-13(17)10-6-5-8(2)9(3)7-10/h5-7,11,18H,4H2,1-3H3,(H2,14,16)(H,15,17). The highest BCUT2D eigenvalue weighted by molar-refractivity contribution is 5.98. The molecule has 98 valence electrons. The van der Waals surface area contributed by atoms with Gasteiger partial charge in [-0.2, -0.15) is 0 Å². The summed E-state index contributed by atoms with van der Waals surface area (Å²) in [5.41, 5.74) is 8.25. The van der Waals surface area contributed by atoms with E-state index < -0.39 is 6.04 Å². The summed E-state index contributed by atoms with van der Waals surface area (Å²) in [7, 11) is 0. The molecule has 18 heavy (non-hydrogen) atoms. The first-order valence-corrected chi connectivity index (χ1v) is 5.85. The van der Waals surface area contributed by atoms with Crippen LogP contribution in [0.3, 0.4) is 0 Å². The van der Waals surface area contributed by atoms with Crippen molar-refractivity contribution >= 4 is 11.7 Å². The molecule has 0 aliphatic rings. The lowest BCUT2D eigenvalue weighted by Crippen LogP contribution is -2.44. The zero-order chi connectivity index (χ0) is 13.7. The highest BCUT2D eigenvalue weighted by Crippen LogP contribution is 2.10. The van der Waals surface area contributed by atoms with Crippen molar-refractivity contribution in [2.45, 2.75) is 33.2 Å². The summed E-state index contributed by atoms with van der Waals surface area (Å²) in [6.07, 6.45) is 0.562. The number of aryl methyl sites for hydroxylation is 2. The highest BCUT2D eigenvalue weighted by Gasteiger charge is 2.16. The molecule has 1 aromatic rings. The minimum Gasteiger partial charge on any atom is -0.409 e. The predicted molar refractivity (Wildman–Crippen MR) is 70.9 cm³/mol. The van der Waals surface area contributed by atoms with Crippen LogP contribution < -0.4 is 11.1 Å². The highest BCUT2D eigenvalue weighted by atomic mass is 16.4. The Kier molecular flexibility index (Phi) is 4.71. The van der Waals surface area contributed by atoms with Gasteiger partial charge in [0.2, 0.25) is 0 Å². The van der Waals surface area contributed by atoms with Gasteiger partial charge in [0.05, 0.1) is 6.04 Å². The molecule has 0 bridgehead atoms. The molecule has 1 atom stereocenters. The maximum absolute atomic E-state index is 12.0. The average molecular weight is 249 g/mol. The molecular weight excluding hydrogens is 230 g/mol. The molecule has 0 aliphatic heterocycles. The van der Waals surface area contributed by atoms with Gasteiger partial charge in [0.25, 0.3) is 5.91 Å². The molecule has 0 saturated heterocycles. The van der Waals surface area contributed by atoms with Crippen molar-refractivity contribution in [1.82, 2.24) is 5.32 Å². The van der Waals surface area contributed by atoms with Crippen molar-refractivity contribution in [3.8, 4) is 0 Å². The fourth-order valence-electron chi connectivity index (χ4n) is 1.58. The molecule has 4 N–H and O–H groups in total. The molecule has 0 spiro atoms. The van der Waals surface area contributed by atoms with Gasteiger partial charge in [-0.3, -0.25) is 4.79 Å². The number of benzene rings is 1. The third kappa shape index (κ3) is 3.23. The second-order valence-electron chi connectivity index (χ2n) is 4.26. The summed E-state index contributed by atoms with van der Waals surface area (Å²) in [5, 5.41) is 14.3. The molecular formula is C13H19N3O2. The zero-order valence-electron chi connectivity index (χ0n) is 10.9. The Hall–Kier alpha value is -2.04. The van der Waals surface area contributed by atoms with E-state index in [1.54, 1.807) is 6.07 Å². The van der Waals surface area contributed by atoms with Crippen LogP contribution in [-0.4, -0.2) is 23.0 Å². The second kappa shape index (κ2) is 6.05. The van der Waals surface area contributed by atoms with Crippen LogP contribution in [0.15, 0.2) is 23.4 Å². The SMILES string of the molecule is CCC(NC(=O)c1ccc(C)c(C)c1)/C(N)=N/O. The van der Waals surface area contributed by atoms with Gasteiger partial charge in [0, 0.05) is 5.56 Å². The summed E-state index contributed by atoms with van der Waals surface area (Å²) >= 11 is 0. The quantitative estimate of drug-likeness (QED) is 0.327. The Morgan fingerprint density at radius 2 is 2.11 bits per heavy atom. The lowest BCUT2D eigenvalue weighted by molar-refractivity contribution is 0.0945. The summed E-state index contributed by atoms with van der Waals surface area (Å²) in [5.74, 6) is -0.216. The number of hydrogen-bond acceptors (Lipinski definition) is 3. The molecule has 1 rings (SSSR count). The Balaban J connectivity index is 2.84. The van der Waals surface area contributed by atoms with Gasteiger partial charge in [-0.1, -0.05) is 18.1 Å².